The maximum absolute atomic E-state index is 5.61. The van der Waals surface area contributed by atoms with Gasteiger partial charge in [0.05, 0.1) is 6.61 Å². The Hall–Kier alpha value is 0.310. The second-order valence-corrected chi connectivity index (χ2v) is 4.52. The molecule has 1 aliphatic rings. The summed E-state index contributed by atoms with van der Waals surface area (Å²) in [6, 6.07) is 0. The van der Waals surface area contributed by atoms with Gasteiger partial charge in [-0.3, -0.25) is 0 Å². The van der Waals surface area contributed by atoms with Crippen LogP contribution in [0.4, 0.5) is 0 Å². The molecule has 0 aliphatic carbocycles. The minimum Gasteiger partial charge on any atom is -0.367 e. The van der Waals surface area contributed by atoms with Crippen molar-refractivity contribution < 1.29 is 4.74 Å². The van der Waals surface area contributed by atoms with Crippen molar-refractivity contribution in [2.24, 2.45) is 11.8 Å². The summed E-state index contributed by atoms with van der Waals surface area (Å²) < 4.78 is 5.61. The number of hydrogen-bond acceptors (Lipinski definition) is 2. The zero-order chi connectivity index (χ0) is 7.56. The van der Waals surface area contributed by atoms with Crippen molar-refractivity contribution in [2.75, 3.05) is 12.4 Å². The van der Waals surface area contributed by atoms with Crippen molar-refractivity contribution >= 4 is 11.8 Å². The van der Waals surface area contributed by atoms with E-state index in [2.05, 4.69) is 20.8 Å². The van der Waals surface area contributed by atoms with E-state index in [0.29, 0.717) is 11.4 Å². The molecule has 0 aromatic rings. The first-order valence-corrected chi connectivity index (χ1v) is 4.98. The molecule has 0 aromatic carbocycles. The minimum absolute atomic E-state index is 0.455. The SMILES string of the molecule is CC(C)[C@H]1OC[C@H](C)CS1. The molecule has 1 fully saturated rings. The smallest absolute Gasteiger partial charge is 0.105 e. The third-order valence-electron chi connectivity index (χ3n) is 1.63. The van der Waals surface area contributed by atoms with E-state index in [1.54, 1.807) is 0 Å². The summed E-state index contributed by atoms with van der Waals surface area (Å²) >= 11 is 1.96. The Labute approximate surface area is 67.5 Å². The summed E-state index contributed by atoms with van der Waals surface area (Å²) in [5.41, 5.74) is 0.455. The maximum Gasteiger partial charge on any atom is 0.105 e. The monoisotopic (exact) mass is 160 g/mol. The summed E-state index contributed by atoms with van der Waals surface area (Å²) in [6.07, 6.45) is 0. The van der Waals surface area contributed by atoms with E-state index in [1.165, 1.54) is 5.75 Å². The molecule has 1 nitrogen and oxygen atoms in total. The summed E-state index contributed by atoms with van der Waals surface area (Å²) in [5.74, 6) is 2.68. The molecule has 0 unspecified atom stereocenters. The number of thioether (sulfide) groups is 1. The third-order valence-corrected chi connectivity index (χ3v) is 3.40. The van der Waals surface area contributed by atoms with Gasteiger partial charge in [-0.15, -0.1) is 11.8 Å². The van der Waals surface area contributed by atoms with Crippen LogP contribution in [0.2, 0.25) is 0 Å². The molecule has 2 heteroatoms. The van der Waals surface area contributed by atoms with Gasteiger partial charge in [0, 0.05) is 5.75 Å². The van der Waals surface area contributed by atoms with Crippen LogP contribution in [0, 0.1) is 11.8 Å². The predicted molar refractivity (Wildman–Crippen MR) is 46.2 cm³/mol. The standard InChI is InChI=1S/C8H16OS/c1-6(2)8-9-4-7(3)5-10-8/h6-8H,4-5H2,1-3H3/t7-,8-/m0/s1. The van der Waals surface area contributed by atoms with E-state index in [4.69, 9.17) is 4.74 Å². The topological polar surface area (TPSA) is 9.23 Å². The quantitative estimate of drug-likeness (QED) is 0.582. The first-order chi connectivity index (χ1) is 4.70. The summed E-state index contributed by atoms with van der Waals surface area (Å²) in [4.78, 5) is 0. The molecule has 0 bridgehead atoms. The van der Waals surface area contributed by atoms with Crippen LogP contribution >= 0.6 is 11.8 Å². The molecule has 0 N–H and O–H groups in total. The fourth-order valence-corrected chi connectivity index (χ4v) is 2.17. The molecule has 1 rings (SSSR count). The van der Waals surface area contributed by atoms with Crippen molar-refractivity contribution in [1.29, 1.82) is 0 Å². The second-order valence-electron chi connectivity index (χ2n) is 3.38. The van der Waals surface area contributed by atoms with Gasteiger partial charge >= 0.3 is 0 Å². The molecule has 60 valence electrons. The normalized spacial score (nSPS) is 34.8. The Kier molecular flexibility index (Phi) is 3.05. The van der Waals surface area contributed by atoms with Crippen molar-refractivity contribution in [2.45, 2.75) is 26.2 Å². The lowest BCUT2D eigenvalue weighted by Crippen LogP contribution is -2.26. The van der Waals surface area contributed by atoms with Gasteiger partial charge in [-0.25, -0.2) is 0 Å². The van der Waals surface area contributed by atoms with Gasteiger partial charge in [0.25, 0.3) is 0 Å². The van der Waals surface area contributed by atoms with Crippen LogP contribution in [-0.4, -0.2) is 17.8 Å². The second kappa shape index (κ2) is 3.63. The Bertz CT molecular complexity index is 95.4. The lowest BCUT2D eigenvalue weighted by Gasteiger charge is -2.28. The summed E-state index contributed by atoms with van der Waals surface area (Å²) in [7, 11) is 0. The van der Waals surface area contributed by atoms with Gasteiger partial charge in [-0.2, -0.15) is 0 Å². The van der Waals surface area contributed by atoms with E-state index in [1.807, 2.05) is 11.8 Å². The van der Waals surface area contributed by atoms with E-state index in [9.17, 15) is 0 Å². The maximum atomic E-state index is 5.61. The van der Waals surface area contributed by atoms with E-state index in [-0.39, 0.29) is 0 Å². The molecule has 1 heterocycles. The van der Waals surface area contributed by atoms with Crippen LogP contribution in [0.5, 0.6) is 0 Å². The Morgan fingerprint density at radius 3 is 2.60 bits per heavy atom. The Morgan fingerprint density at radius 1 is 1.50 bits per heavy atom. The third kappa shape index (κ3) is 2.17. The highest BCUT2D eigenvalue weighted by atomic mass is 32.2. The van der Waals surface area contributed by atoms with Crippen LogP contribution in [0.25, 0.3) is 0 Å². The molecule has 0 spiro atoms. The van der Waals surface area contributed by atoms with Gasteiger partial charge in [-0.1, -0.05) is 20.8 Å². The minimum atomic E-state index is 0.455. The Morgan fingerprint density at radius 2 is 2.20 bits per heavy atom. The molecule has 10 heavy (non-hydrogen) atoms. The zero-order valence-electron chi connectivity index (χ0n) is 6.96. The number of rotatable bonds is 1. The largest absolute Gasteiger partial charge is 0.367 e. The van der Waals surface area contributed by atoms with Gasteiger partial charge in [0.1, 0.15) is 5.44 Å². The molecular weight excluding hydrogens is 144 g/mol. The van der Waals surface area contributed by atoms with Gasteiger partial charge in [0.2, 0.25) is 0 Å². The molecular formula is C8H16OS. The summed E-state index contributed by atoms with van der Waals surface area (Å²) in [5, 5.41) is 0. The van der Waals surface area contributed by atoms with Crippen LogP contribution in [0.15, 0.2) is 0 Å². The first-order valence-electron chi connectivity index (χ1n) is 3.93. The summed E-state index contributed by atoms with van der Waals surface area (Å²) in [6.45, 7) is 7.63. The number of hydrogen-bond donors (Lipinski definition) is 0. The molecule has 0 radical (unpaired) electrons. The van der Waals surface area contributed by atoms with Crippen LogP contribution in [0.1, 0.15) is 20.8 Å². The fraction of sp³-hybridized carbons (Fsp3) is 1.00. The zero-order valence-corrected chi connectivity index (χ0v) is 7.78. The molecule has 0 aromatic heterocycles. The molecule has 1 aliphatic heterocycles. The van der Waals surface area contributed by atoms with Crippen molar-refractivity contribution in [3.8, 4) is 0 Å². The van der Waals surface area contributed by atoms with Gasteiger partial charge in [-0.05, 0) is 11.8 Å². The highest BCUT2D eigenvalue weighted by Gasteiger charge is 2.21. The highest BCUT2D eigenvalue weighted by molar-refractivity contribution is 7.99. The Balaban J connectivity index is 2.26. The fourth-order valence-electron chi connectivity index (χ4n) is 0.999. The number of ether oxygens (including phenoxy) is 1. The van der Waals surface area contributed by atoms with Gasteiger partial charge < -0.3 is 4.74 Å². The van der Waals surface area contributed by atoms with Crippen molar-refractivity contribution in [3.63, 3.8) is 0 Å². The molecule has 2 atom stereocenters. The van der Waals surface area contributed by atoms with Crippen LogP contribution in [-0.2, 0) is 4.74 Å². The van der Waals surface area contributed by atoms with Crippen molar-refractivity contribution in [3.05, 3.63) is 0 Å². The molecule has 0 amide bonds. The van der Waals surface area contributed by atoms with E-state index in [0.717, 1.165) is 12.5 Å². The average Bonchev–Trinajstić information content (AvgIpc) is 1.88. The van der Waals surface area contributed by atoms with E-state index >= 15 is 0 Å². The first kappa shape index (κ1) is 8.41. The lowest BCUT2D eigenvalue weighted by atomic mass is 10.2. The lowest BCUT2D eigenvalue weighted by molar-refractivity contribution is 0.0562. The van der Waals surface area contributed by atoms with E-state index < -0.39 is 0 Å². The van der Waals surface area contributed by atoms with Crippen LogP contribution < -0.4 is 0 Å². The molecule has 1 saturated heterocycles. The highest BCUT2D eigenvalue weighted by Crippen LogP contribution is 2.27. The predicted octanol–water partition coefficient (Wildman–Crippen LogP) is 2.37. The van der Waals surface area contributed by atoms with Crippen molar-refractivity contribution in [1.82, 2.24) is 0 Å². The van der Waals surface area contributed by atoms with Gasteiger partial charge in [0.15, 0.2) is 0 Å². The molecule has 0 saturated carbocycles. The average molecular weight is 160 g/mol. The van der Waals surface area contributed by atoms with Crippen LogP contribution in [0.3, 0.4) is 0 Å².